The van der Waals surface area contributed by atoms with E-state index in [-0.39, 0.29) is 23.6 Å². The van der Waals surface area contributed by atoms with Gasteiger partial charge in [-0.3, -0.25) is 4.79 Å². The summed E-state index contributed by atoms with van der Waals surface area (Å²) in [5, 5.41) is 18.6. The molecule has 0 aliphatic heterocycles. The lowest BCUT2D eigenvalue weighted by Crippen LogP contribution is -2.34. The Morgan fingerprint density at radius 1 is 0.946 bits per heavy atom. The number of rotatable bonds is 7. The summed E-state index contributed by atoms with van der Waals surface area (Å²) in [7, 11) is 0. The van der Waals surface area contributed by atoms with Crippen LogP contribution in [0.5, 0.6) is 0 Å². The Bertz CT molecular complexity index is 1380. The van der Waals surface area contributed by atoms with Crippen LogP contribution >= 0.6 is 31.9 Å². The van der Waals surface area contributed by atoms with Crippen LogP contribution in [0.1, 0.15) is 47.9 Å². The first kappa shape index (κ1) is 26.7. The minimum atomic E-state index is -0.499. The first-order valence-corrected chi connectivity index (χ1v) is 13.3. The van der Waals surface area contributed by atoms with E-state index in [0.29, 0.717) is 24.2 Å². The lowest BCUT2D eigenvalue weighted by Gasteiger charge is -2.10. The second kappa shape index (κ2) is 12.2. The highest BCUT2D eigenvalue weighted by Gasteiger charge is 2.29. The van der Waals surface area contributed by atoms with Crippen molar-refractivity contribution in [3.8, 4) is 22.8 Å². The van der Waals surface area contributed by atoms with E-state index in [4.69, 9.17) is 4.74 Å². The molecule has 0 bridgehead atoms. The van der Waals surface area contributed by atoms with Crippen molar-refractivity contribution < 1.29 is 14.3 Å². The summed E-state index contributed by atoms with van der Waals surface area (Å²) >= 11 is 6.78. The predicted octanol–water partition coefficient (Wildman–Crippen LogP) is 5.17. The molecule has 1 amide bonds. The van der Waals surface area contributed by atoms with Crippen LogP contribution in [0.25, 0.3) is 22.8 Å². The molecule has 12 heteroatoms. The van der Waals surface area contributed by atoms with E-state index in [1.165, 1.54) is 12.8 Å². The molecule has 0 spiro atoms. The van der Waals surface area contributed by atoms with Gasteiger partial charge in [0, 0.05) is 26.1 Å². The lowest BCUT2D eigenvalue weighted by molar-refractivity contribution is 0.0512. The van der Waals surface area contributed by atoms with Crippen LogP contribution in [0.2, 0.25) is 0 Å². The van der Waals surface area contributed by atoms with Crippen molar-refractivity contribution >= 4 is 43.7 Å². The van der Waals surface area contributed by atoms with Gasteiger partial charge in [-0.25, -0.2) is 4.79 Å². The van der Waals surface area contributed by atoms with Gasteiger partial charge in [-0.15, -0.1) is 20.4 Å². The number of amides is 1. The van der Waals surface area contributed by atoms with E-state index in [2.05, 4.69) is 67.5 Å². The van der Waals surface area contributed by atoms with Crippen molar-refractivity contribution in [2.24, 2.45) is 5.92 Å². The Hall–Kier alpha value is -3.38. The zero-order valence-electron chi connectivity index (χ0n) is 20.2. The third-order valence-electron chi connectivity index (χ3n) is 5.54. The molecule has 0 radical (unpaired) electrons. The summed E-state index contributed by atoms with van der Waals surface area (Å²) in [5.41, 5.74) is 1.74. The van der Waals surface area contributed by atoms with Crippen LogP contribution < -0.4 is 5.32 Å². The molecular formula is C25H25Br2N7O3. The molecule has 3 N–H and O–H groups in total. The number of carbonyl (C=O) groups excluding carboxylic acids is 2. The first-order chi connectivity index (χ1) is 17.8. The van der Waals surface area contributed by atoms with Crippen molar-refractivity contribution in [2.45, 2.75) is 32.7 Å². The van der Waals surface area contributed by atoms with E-state index in [1.54, 1.807) is 6.92 Å². The highest BCUT2D eigenvalue weighted by Crippen LogP contribution is 2.32. The van der Waals surface area contributed by atoms with Crippen molar-refractivity contribution in [2.75, 3.05) is 6.61 Å². The van der Waals surface area contributed by atoms with Gasteiger partial charge in [-0.1, -0.05) is 56.1 Å². The van der Waals surface area contributed by atoms with E-state index in [9.17, 15) is 9.59 Å². The van der Waals surface area contributed by atoms with E-state index >= 15 is 0 Å². The minimum Gasteiger partial charge on any atom is -0.460 e. The highest BCUT2D eigenvalue weighted by atomic mass is 79.9. The SMILES string of the molecule is CCOC(=O)c1nnc(-c2cccc(Br)c2)[nH]1.C[C@H](NC(=O)c1nnc(-c2cccc(Br)c2)[nH]1)C1CC1. The number of benzene rings is 2. The van der Waals surface area contributed by atoms with Gasteiger partial charge in [0.05, 0.1) is 6.61 Å². The lowest BCUT2D eigenvalue weighted by atomic mass is 10.2. The van der Waals surface area contributed by atoms with Gasteiger partial charge >= 0.3 is 5.97 Å². The van der Waals surface area contributed by atoms with Gasteiger partial charge in [-0.2, -0.15) is 0 Å². The molecule has 2 aromatic carbocycles. The number of aromatic amines is 2. The molecule has 1 fully saturated rings. The Morgan fingerprint density at radius 3 is 2.00 bits per heavy atom. The quantitative estimate of drug-likeness (QED) is 0.239. The van der Waals surface area contributed by atoms with Gasteiger partial charge in [0.1, 0.15) is 0 Å². The number of hydrogen-bond donors (Lipinski definition) is 3. The number of nitrogens with zero attached hydrogens (tertiary/aromatic N) is 4. The van der Waals surface area contributed by atoms with Crippen LogP contribution in [-0.4, -0.2) is 54.9 Å². The summed E-state index contributed by atoms with van der Waals surface area (Å²) in [6.45, 7) is 4.08. The number of H-pyrrole nitrogens is 2. The molecule has 2 aromatic heterocycles. The number of hydrogen-bond acceptors (Lipinski definition) is 7. The average Bonchev–Trinajstić information content (AvgIpc) is 3.40. The molecule has 1 saturated carbocycles. The monoisotopic (exact) mass is 629 g/mol. The molecule has 1 aliphatic carbocycles. The van der Waals surface area contributed by atoms with Crippen LogP contribution in [0.15, 0.2) is 57.5 Å². The summed E-state index contributed by atoms with van der Waals surface area (Å²) in [6, 6.07) is 15.4. The Morgan fingerprint density at radius 2 is 1.49 bits per heavy atom. The summed E-state index contributed by atoms with van der Waals surface area (Å²) < 4.78 is 6.71. The van der Waals surface area contributed by atoms with Crippen molar-refractivity contribution in [3.05, 3.63) is 69.1 Å². The zero-order valence-corrected chi connectivity index (χ0v) is 23.3. The van der Waals surface area contributed by atoms with Gasteiger partial charge in [0.2, 0.25) is 11.6 Å². The summed E-state index contributed by atoms with van der Waals surface area (Å²) in [4.78, 5) is 29.2. The third-order valence-corrected chi connectivity index (χ3v) is 6.53. The van der Waals surface area contributed by atoms with Crippen molar-refractivity contribution in [1.82, 2.24) is 35.7 Å². The maximum absolute atomic E-state index is 12.0. The average molecular weight is 631 g/mol. The Labute approximate surface area is 230 Å². The Balaban J connectivity index is 0.000000176. The topological polar surface area (TPSA) is 139 Å². The van der Waals surface area contributed by atoms with E-state index < -0.39 is 5.97 Å². The largest absolute Gasteiger partial charge is 0.460 e. The van der Waals surface area contributed by atoms with Gasteiger partial charge in [-0.05, 0) is 56.9 Å². The normalized spacial score (nSPS) is 13.3. The van der Waals surface area contributed by atoms with Crippen molar-refractivity contribution in [1.29, 1.82) is 0 Å². The first-order valence-electron chi connectivity index (χ1n) is 11.7. The van der Waals surface area contributed by atoms with Gasteiger partial charge in [0.25, 0.3) is 5.91 Å². The molecule has 1 atom stereocenters. The van der Waals surface area contributed by atoms with E-state index in [1.807, 2.05) is 55.5 Å². The number of ether oxygens (including phenoxy) is 1. The smallest absolute Gasteiger partial charge is 0.376 e. The van der Waals surface area contributed by atoms with Crippen molar-refractivity contribution in [3.63, 3.8) is 0 Å². The molecule has 2 heterocycles. The molecule has 4 aromatic rings. The van der Waals surface area contributed by atoms with Gasteiger partial charge in [0.15, 0.2) is 11.6 Å². The maximum atomic E-state index is 12.0. The van der Waals surface area contributed by atoms with E-state index in [0.717, 1.165) is 20.1 Å². The van der Waals surface area contributed by atoms with Crippen LogP contribution in [0.4, 0.5) is 0 Å². The molecule has 10 nitrogen and oxygen atoms in total. The third kappa shape index (κ3) is 7.32. The summed E-state index contributed by atoms with van der Waals surface area (Å²) in [6.07, 6.45) is 2.39. The fourth-order valence-electron chi connectivity index (χ4n) is 3.44. The fraction of sp³-hybridized carbons (Fsp3) is 0.280. The summed E-state index contributed by atoms with van der Waals surface area (Å²) in [5.74, 6) is 1.42. The zero-order chi connectivity index (χ0) is 26.4. The second-order valence-corrected chi connectivity index (χ2v) is 10.2. The number of esters is 1. The highest BCUT2D eigenvalue weighted by molar-refractivity contribution is 9.10. The predicted molar refractivity (Wildman–Crippen MR) is 145 cm³/mol. The Kier molecular flexibility index (Phi) is 8.82. The van der Waals surface area contributed by atoms with Crippen LogP contribution in [0, 0.1) is 5.92 Å². The standard InChI is InChI=1S/C14H15BrN4O.C11H10BrN3O2/c1-8(9-5-6-9)16-14(20)13-17-12(18-19-13)10-3-2-4-11(15)7-10;1-2-17-11(16)10-13-9(14-15-10)7-4-3-5-8(12)6-7/h2-4,7-9H,5-6H2,1H3,(H,16,20)(H,17,18,19);3-6H,2H2,1H3,(H,13,14,15)/t8-;/m0./s1. The molecule has 1 aliphatic rings. The molecule has 5 rings (SSSR count). The molecular weight excluding hydrogens is 606 g/mol. The van der Waals surface area contributed by atoms with Crippen LogP contribution in [-0.2, 0) is 4.74 Å². The van der Waals surface area contributed by atoms with Gasteiger partial charge < -0.3 is 20.0 Å². The molecule has 192 valence electrons. The van der Waals surface area contributed by atoms with Crippen LogP contribution in [0.3, 0.4) is 0 Å². The molecule has 37 heavy (non-hydrogen) atoms. The fourth-order valence-corrected chi connectivity index (χ4v) is 4.24. The second-order valence-electron chi connectivity index (χ2n) is 8.39. The number of halogens is 2. The number of carbonyl (C=O) groups is 2. The maximum Gasteiger partial charge on any atom is 0.376 e. The minimum absolute atomic E-state index is 0.113. The number of nitrogens with one attached hydrogen (secondary N) is 3. The number of aromatic nitrogens is 6. The molecule has 0 unspecified atom stereocenters. The molecule has 0 saturated heterocycles.